The van der Waals surface area contributed by atoms with Gasteiger partial charge >= 0.3 is 0 Å². The Labute approximate surface area is 112 Å². The average molecular weight is 302 g/mol. The minimum Gasteiger partial charge on any atom is -0.310 e. The topological polar surface area (TPSA) is 12.0 Å². The molecule has 1 rings (SSSR count). The molecule has 0 saturated carbocycles. The van der Waals surface area contributed by atoms with E-state index in [1.807, 2.05) is 12.1 Å². The summed E-state index contributed by atoms with van der Waals surface area (Å²) in [6, 6.07) is 5.54. The third-order valence-corrected chi connectivity index (χ3v) is 3.91. The first kappa shape index (κ1) is 14.7. The summed E-state index contributed by atoms with van der Waals surface area (Å²) in [5.41, 5.74) is 1.14. The van der Waals surface area contributed by atoms with E-state index in [1.54, 1.807) is 0 Å². The fourth-order valence-electron chi connectivity index (χ4n) is 1.92. The molecule has 0 amide bonds. The van der Waals surface area contributed by atoms with Crippen LogP contribution in [0.2, 0.25) is 0 Å². The van der Waals surface area contributed by atoms with E-state index >= 15 is 0 Å². The molecule has 0 saturated heterocycles. The van der Waals surface area contributed by atoms with Crippen molar-refractivity contribution in [1.82, 2.24) is 5.32 Å². The quantitative estimate of drug-likeness (QED) is 0.842. The largest absolute Gasteiger partial charge is 0.310 e. The Morgan fingerprint density at radius 2 is 1.94 bits per heavy atom. The van der Waals surface area contributed by atoms with Crippen LogP contribution in [0.15, 0.2) is 22.7 Å². The normalized spacial score (nSPS) is 15.0. The minimum atomic E-state index is -0.207. The Bertz CT molecular complexity index is 365. The van der Waals surface area contributed by atoms with Gasteiger partial charge in [-0.1, -0.05) is 33.8 Å². The van der Waals surface area contributed by atoms with E-state index in [1.165, 1.54) is 6.07 Å². The van der Waals surface area contributed by atoms with E-state index < -0.39 is 0 Å². The second kappa shape index (κ2) is 6.50. The SMILES string of the molecule is CCNC(c1ccc(F)c(Br)c1)C(C)C(C)C. The molecule has 96 valence electrons. The van der Waals surface area contributed by atoms with E-state index in [4.69, 9.17) is 0 Å². The lowest BCUT2D eigenvalue weighted by Crippen LogP contribution is -2.29. The number of halogens is 2. The lowest BCUT2D eigenvalue weighted by atomic mass is 9.86. The molecule has 0 aliphatic heterocycles. The van der Waals surface area contributed by atoms with Crippen molar-refractivity contribution in [3.05, 3.63) is 34.1 Å². The Kier molecular flexibility index (Phi) is 5.60. The molecule has 2 unspecified atom stereocenters. The van der Waals surface area contributed by atoms with Gasteiger partial charge in [0.1, 0.15) is 5.82 Å². The Balaban J connectivity index is 3.00. The van der Waals surface area contributed by atoms with Gasteiger partial charge in [-0.15, -0.1) is 0 Å². The molecule has 0 aromatic heterocycles. The van der Waals surface area contributed by atoms with Crippen LogP contribution in [0.4, 0.5) is 4.39 Å². The maximum absolute atomic E-state index is 13.2. The Morgan fingerprint density at radius 3 is 2.41 bits per heavy atom. The third kappa shape index (κ3) is 3.78. The van der Waals surface area contributed by atoms with Gasteiger partial charge in [0.15, 0.2) is 0 Å². The molecule has 0 aliphatic carbocycles. The van der Waals surface area contributed by atoms with Gasteiger partial charge in [-0.05, 0) is 52.0 Å². The molecule has 2 atom stereocenters. The molecule has 1 aromatic rings. The van der Waals surface area contributed by atoms with Crippen molar-refractivity contribution in [2.24, 2.45) is 11.8 Å². The van der Waals surface area contributed by atoms with Crippen LogP contribution in [-0.4, -0.2) is 6.54 Å². The first-order valence-electron chi connectivity index (χ1n) is 6.15. The van der Waals surface area contributed by atoms with E-state index in [-0.39, 0.29) is 11.9 Å². The fraction of sp³-hybridized carbons (Fsp3) is 0.571. The maximum Gasteiger partial charge on any atom is 0.137 e. The van der Waals surface area contributed by atoms with Crippen molar-refractivity contribution in [3.63, 3.8) is 0 Å². The second-order valence-corrected chi connectivity index (χ2v) is 5.67. The Hall–Kier alpha value is -0.410. The van der Waals surface area contributed by atoms with E-state index in [2.05, 4.69) is 48.9 Å². The lowest BCUT2D eigenvalue weighted by molar-refractivity contribution is 0.307. The Morgan fingerprint density at radius 1 is 1.29 bits per heavy atom. The van der Waals surface area contributed by atoms with Crippen LogP contribution in [0.1, 0.15) is 39.3 Å². The summed E-state index contributed by atoms with van der Waals surface area (Å²) in [6.45, 7) is 9.67. The van der Waals surface area contributed by atoms with Crippen LogP contribution in [0.25, 0.3) is 0 Å². The smallest absolute Gasteiger partial charge is 0.137 e. The van der Waals surface area contributed by atoms with E-state index in [9.17, 15) is 4.39 Å². The van der Waals surface area contributed by atoms with Crippen molar-refractivity contribution >= 4 is 15.9 Å². The standard InChI is InChI=1S/C14H21BrFN/c1-5-17-14(10(4)9(2)3)11-6-7-13(16)12(15)8-11/h6-10,14,17H,5H2,1-4H3. The average Bonchev–Trinajstić information content (AvgIpc) is 2.29. The fourth-order valence-corrected chi connectivity index (χ4v) is 2.31. The van der Waals surface area contributed by atoms with Gasteiger partial charge in [-0.2, -0.15) is 0 Å². The van der Waals surface area contributed by atoms with Crippen LogP contribution in [0.5, 0.6) is 0 Å². The van der Waals surface area contributed by atoms with Crippen molar-refractivity contribution < 1.29 is 4.39 Å². The highest BCUT2D eigenvalue weighted by Crippen LogP contribution is 2.30. The number of benzene rings is 1. The molecule has 1 nitrogen and oxygen atoms in total. The zero-order valence-corrected chi connectivity index (χ0v) is 12.5. The summed E-state index contributed by atoms with van der Waals surface area (Å²) in [5, 5.41) is 3.48. The van der Waals surface area contributed by atoms with Gasteiger partial charge < -0.3 is 5.32 Å². The first-order chi connectivity index (χ1) is 7.97. The molecular weight excluding hydrogens is 281 g/mol. The highest BCUT2D eigenvalue weighted by atomic mass is 79.9. The van der Waals surface area contributed by atoms with Crippen molar-refractivity contribution in [1.29, 1.82) is 0 Å². The summed E-state index contributed by atoms with van der Waals surface area (Å²) < 4.78 is 13.8. The summed E-state index contributed by atoms with van der Waals surface area (Å²) >= 11 is 3.25. The van der Waals surface area contributed by atoms with Crippen molar-refractivity contribution in [2.45, 2.75) is 33.7 Å². The van der Waals surface area contributed by atoms with Crippen LogP contribution in [0, 0.1) is 17.7 Å². The summed E-state index contributed by atoms with van der Waals surface area (Å²) in [5.74, 6) is 0.886. The number of hydrogen-bond donors (Lipinski definition) is 1. The summed E-state index contributed by atoms with van der Waals surface area (Å²) in [7, 11) is 0. The molecular formula is C14H21BrFN. The number of hydrogen-bond acceptors (Lipinski definition) is 1. The summed E-state index contributed by atoms with van der Waals surface area (Å²) in [4.78, 5) is 0. The first-order valence-corrected chi connectivity index (χ1v) is 6.95. The van der Waals surface area contributed by atoms with Crippen LogP contribution in [0.3, 0.4) is 0 Å². The molecule has 0 fully saturated rings. The molecule has 0 bridgehead atoms. The molecule has 1 N–H and O–H groups in total. The highest BCUT2D eigenvalue weighted by molar-refractivity contribution is 9.10. The van der Waals surface area contributed by atoms with Gasteiger partial charge in [-0.25, -0.2) is 4.39 Å². The molecule has 1 aromatic carbocycles. The highest BCUT2D eigenvalue weighted by Gasteiger charge is 2.21. The molecule has 0 heterocycles. The summed E-state index contributed by atoms with van der Waals surface area (Å²) in [6.07, 6.45) is 0. The predicted octanol–water partition coefficient (Wildman–Crippen LogP) is 4.53. The molecule has 0 aliphatic rings. The van der Waals surface area contributed by atoms with Crippen LogP contribution in [-0.2, 0) is 0 Å². The van der Waals surface area contributed by atoms with Gasteiger partial charge in [0.2, 0.25) is 0 Å². The van der Waals surface area contributed by atoms with Crippen molar-refractivity contribution in [2.75, 3.05) is 6.54 Å². The number of rotatable bonds is 5. The zero-order chi connectivity index (χ0) is 13.0. The predicted molar refractivity (Wildman–Crippen MR) is 74.5 cm³/mol. The van der Waals surface area contributed by atoms with E-state index in [0.717, 1.165) is 12.1 Å². The molecule has 17 heavy (non-hydrogen) atoms. The van der Waals surface area contributed by atoms with Gasteiger partial charge in [0.05, 0.1) is 4.47 Å². The monoisotopic (exact) mass is 301 g/mol. The lowest BCUT2D eigenvalue weighted by Gasteiger charge is -2.28. The van der Waals surface area contributed by atoms with Gasteiger partial charge in [0.25, 0.3) is 0 Å². The van der Waals surface area contributed by atoms with Crippen LogP contribution < -0.4 is 5.32 Å². The van der Waals surface area contributed by atoms with Crippen LogP contribution >= 0.6 is 15.9 Å². The van der Waals surface area contributed by atoms with Gasteiger partial charge in [0, 0.05) is 6.04 Å². The maximum atomic E-state index is 13.2. The van der Waals surface area contributed by atoms with Crippen molar-refractivity contribution in [3.8, 4) is 0 Å². The molecule has 0 radical (unpaired) electrons. The van der Waals surface area contributed by atoms with E-state index in [0.29, 0.717) is 16.3 Å². The minimum absolute atomic E-state index is 0.207. The third-order valence-electron chi connectivity index (χ3n) is 3.30. The molecule has 3 heteroatoms. The molecule has 0 spiro atoms. The number of nitrogens with one attached hydrogen (secondary N) is 1. The zero-order valence-electron chi connectivity index (χ0n) is 10.9. The second-order valence-electron chi connectivity index (χ2n) is 4.81. The van der Waals surface area contributed by atoms with Gasteiger partial charge in [-0.3, -0.25) is 0 Å².